The van der Waals surface area contributed by atoms with Crippen molar-refractivity contribution in [3.63, 3.8) is 0 Å². The third-order valence-electron chi connectivity index (χ3n) is 3.59. The van der Waals surface area contributed by atoms with Gasteiger partial charge in [0, 0.05) is 24.4 Å². The average Bonchev–Trinajstić information content (AvgIpc) is 3.13. The molecular formula is C19H19FN2O5S. The number of ether oxygens (including phenoxy) is 1. The van der Waals surface area contributed by atoms with Crippen LogP contribution in [0.15, 0.2) is 35.7 Å². The second-order valence-corrected chi connectivity index (χ2v) is 6.91. The number of Topliss-reactive ketones (excluding diaryl/α,β-unsaturated/α-hetero) is 1. The molecule has 1 aromatic carbocycles. The molecule has 0 saturated heterocycles. The normalized spacial score (nSPS) is 11.4. The summed E-state index contributed by atoms with van der Waals surface area (Å²) in [5.41, 5.74) is -0.0359. The summed E-state index contributed by atoms with van der Waals surface area (Å²) in [5, 5.41) is 6.87. The summed E-state index contributed by atoms with van der Waals surface area (Å²) in [7, 11) is 0. The van der Waals surface area contributed by atoms with Gasteiger partial charge in [0.05, 0.1) is 18.0 Å². The van der Waals surface area contributed by atoms with E-state index in [4.69, 9.17) is 4.74 Å². The molecule has 0 spiro atoms. The van der Waals surface area contributed by atoms with Crippen LogP contribution >= 0.6 is 11.3 Å². The minimum Gasteiger partial charge on any atom is -0.457 e. The second kappa shape index (κ2) is 9.75. The molecule has 2 aromatic rings. The summed E-state index contributed by atoms with van der Waals surface area (Å²) in [6, 6.07) is 6.60. The molecular weight excluding hydrogens is 387 g/mol. The lowest BCUT2D eigenvalue weighted by atomic mass is 10.1. The first kappa shape index (κ1) is 21.2. The molecule has 0 radical (unpaired) electrons. The Balaban J connectivity index is 1.95. The molecule has 0 bridgehead atoms. The zero-order valence-corrected chi connectivity index (χ0v) is 16.1. The number of carbonyl (C=O) groups excluding carboxylic acids is 4. The van der Waals surface area contributed by atoms with Gasteiger partial charge in [-0.25, -0.2) is 4.39 Å². The summed E-state index contributed by atoms with van der Waals surface area (Å²) in [5.74, 6) is -2.92. The number of ketones is 1. The number of esters is 1. The van der Waals surface area contributed by atoms with Crippen LogP contribution in [0.25, 0.3) is 0 Å². The number of carbonyl (C=O) groups is 4. The molecule has 148 valence electrons. The van der Waals surface area contributed by atoms with Crippen LogP contribution in [0.3, 0.4) is 0 Å². The van der Waals surface area contributed by atoms with Crippen molar-refractivity contribution >= 4 is 40.6 Å². The molecule has 0 saturated carbocycles. The van der Waals surface area contributed by atoms with Crippen LogP contribution in [0, 0.1) is 5.82 Å². The SMILES string of the molecule is CC(=O)Nc1ccc(C(=O)COC(=O)CC(NC(C)=O)c2cccs2)c(F)c1. The molecule has 2 rings (SSSR count). The highest BCUT2D eigenvalue weighted by molar-refractivity contribution is 7.10. The van der Waals surface area contributed by atoms with Gasteiger partial charge in [-0.05, 0) is 29.6 Å². The zero-order chi connectivity index (χ0) is 20.7. The monoisotopic (exact) mass is 406 g/mol. The zero-order valence-electron chi connectivity index (χ0n) is 15.3. The topological polar surface area (TPSA) is 102 Å². The molecule has 28 heavy (non-hydrogen) atoms. The van der Waals surface area contributed by atoms with Gasteiger partial charge in [0.2, 0.25) is 17.6 Å². The van der Waals surface area contributed by atoms with Gasteiger partial charge in [-0.15, -0.1) is 11.3 Å². The Morgan fingerprint density at radius 2 is 1.89 bits per heavy atom. The average molecular weight is 406 g/mol. The number of rotatable bonds is 8. The van der Waals surface area contributed by atoms with E-state index in [1.165, 1.54) is 37.3 Å². The first-order valence-corrected chi connectivity index (χ1v) is 9.20. The van der Waals surface area contributed by atoms with E-state index in [-0.39, 0.29) is 29.5 Å². The minimum absolute atomic E-state index is 0.155. The van der Waals surface area contributed by atoms with Crippen molar-refractivity contribution in [1.29, 1.82) is 0 Å². The van der Waals surface area contributed by atoms with E-state index in [0.717, 1.165) is 10.9 Å². The highest BCUT2D eigenvalue weighted by atomic mass is 32.1. The number of anilines is 1. The summed E-state index contributed by atoms with van der Waals surface area (Å²) >= 11 is 1.37. The Morgan fingerprint density at radius 3 is 2.46 bits per heavy atom. The van der Waals surface area contributed by atoms with E-state index in [9.17, 15) is 23.6 Å². The maximum atomic E-state index is 14.1. The van der Waals surface area contributed by atoms with Gasteiger partial charge in [0.15, 0.2) is 6.61 Å². The maximum absolute atomic E-state index is 14.1. The Hall–Kier alpha value is -3.07. The molecule has 1 aromatic heterocycles. The van der Waals surface area contributed by atoms with E-state index in [0.29, 0.717) is 0 Å². The van der Waals surface area contributed by atoms with Crippen LogP contribution in [0.4, 0.5) is 10.1 Å². The molecule has 2 N–H and O–H groups in total. The van der Waals surface area contributed by atoms with Crippen molar-refractivity contribution < 1.29 is 28.3 Å². The predicted octanol–water partition coefficient (Wildman–Crippen LogP) is 2.84. The molecule has 7 nitrogen and oxygen atoms in total. The first-order valence-electron chi connectivity index (χ1n) is 8.32. The highest BCUT2D eigenvalue weighted by Gasteiger charge is 2.21. The van der Waals surface area contributed by atoms with Crippen LogP contribution in [0.1, 0.15) is 41.5 Å². The summed E-state index contributed by atoms with van der Waals surface area (Å²) in [4.78, 5) is 47.3. The van der Waals surface area contributed by atoms with Crippen molar-refractivity contribution in [2.45, 2.75) is 26.3 Å². The molecule has 9 heteroatoms. The number of hydrogen-bond acceptors (Lipinski definition) is 6. The summed E-state index contributed by atoms with van der Waals surface area (Å²) in [6.45, 7) is 1.98. The van der Waals surface area contributed by atoms with Crippen molar-refractivity contribution in [1.82, 2.24) is 5.32 Å². The van der Waals surface area contributed by atoms with Gasteiger partial charge >= 0.3 is 5.97 Å². The highest BCUT2D eigenvalue weighted by Crippen LogP contribution is 2.22. The number of benzene rings is 1. The van der Waals surface area contributed by atoms with Crippen LogP contribution < -0.4 is 10.6 Å². The lowest BCUT2D eigenvalue weighted by Gasteiger charge is -2.15. The maximum Gasteiger partial charge on any atom is 0.308 e. The van der Waals surface area contributed by atoms with Gasteiger partial charge < -0.3 is 15.4 Å². The van der Waals surface area contributed by atoms with Crippen molar-refractivity contribution in [3.05, 3.63) is 52.0 Å². The van der Waals surface area contributed by atoms with E-state index >= 15 is 0 Å². The predicted molar refractivity (Wildman–Crippen MR) is 101 cm³/mol. The van der Waals surface area contributed by atoms with Gasteiger partial charge in [0.25, 0.3) is 0 Å². The largest absolute Gasteiger partial charge is 0.457 e. The van der Waals surface area contributed by atoms with E-state index in [1.54, 1.807) is 12.1 Å². The van der Waals surface area contributed by atoms with E-state index < -0.39 is 30.2 Å². The number of amides is 2. The van der Waals surface area contributed by atoms with E-state index in [1.807, 2.05) is 5.38 Å². The number of thiophene rings is 1. The Labute approximate surface area is 164 Å². The Bertz CT molecular complexity index is 882. The standard InChI is InChI=1S/C19H19FN2O5S/c1-11(23)21-13-5-6-14(15(20)8-13)17(25)10-27-19(26)9-16(22-12(2)24)18-4-3-7-28-18/h3-8,16H,9-10H2,1-2H3,(H,21,23)(H,22,24). The fourth-order valence-corrected chi connectivity index (χ4v) is 3.21. The fraction of sp³-hybridized carbons (Fsp3) is 0.263. The molecule has 1 heterocycles. The Morgan fingerprint density at radius 1 is 1.14 bits per heavy atom. The lowest BCUT2D eigenvalue weighted by Crippen LogP contribution is -2.28. The quantitative estimate of drug-likeness (QED) is 0.519. The summed E-state index contributed by atoms with van der Waals surface area (Å²) in [6.07, 6.45) is -0.155. The molecule has 0 fully saturated rings. The first-order chi connectivity index (χ1) is 13.3. The molecule has 1 atom stereocenters. The van der Waals surface area contributed by atoms with E-state index in [2.05, 4.69) is 10.6 Å². The van der Waals surface area contributed by atoms with Gasteiger partial charge in [0.1, 0.15) is 5.82 Å². The molecule has 0 aliphatic carbocycles. The smallest absolute Gasteiger partial charge is 0.308 e. The third kappa shape index (κ3) is 6.27. The third-order valence-corrected chi connectivity index (χ3v) is 4.58. The number of nitrogens with one attached hydrogen (secondary N) is 2. The Kier molecular flexibility index (Phi) is 7.39. The molecule has 0 aliphatic heterocycles. The fourth-order valence-electron chi connectivity index (χ4n) is 2.43. The van der Waals surface area contributed by atoms with Crippen molar-refractivity contribution in [2.75, 3.05) is 11.9 Å². The molecule has 0 aliphatic rings. The summed E-state index contributed by atoms with van der Waals surface area (Å²) < 4.78 is 19.0. The number of halogens is 1. The van der Waals surface area contributed by atoms with Gasteiger partial charge in [-0.2, -0.15) is 0 Å². The lowest BCUT2D eigenvalue weighted by molar-refractivity contribution is -0.143. The second-order valence-electron chi connectivity index (χ2n) is 5.93. The van der Waals surface area contributed by atoms with Crippen LogP contribution in [0.5, 0.6) is 0 Å². The van der Waals surface area contributed by atoms with Crippen molar-refractivity contribution in [3.8, 4) is 0 Å². The molecule has 1 unspecified atom stereocenters. The van der Waals surface area contributed by atoms with Gasteiger partial charge in [-0.1, -0.05) is 6.07 Å². The van der Waals surface area contributed by atoms with Crippen LogP contribution in [-0.4, -0.2) is 30.2 Å². The van der Waals surface area contributed by atoms with Crippen LogP contribution in [-0.2, 0) is 19.1 Å². The molecule has 2 amide bonds. The van der Waals surface area contributed by atoms with Crippen molar-refractivity contribution in [2.24, 2.45) is 0 Å². The number of hydrogen-bond donors (Lipinski definition) is 2. The van der Waals surface area contributed by atoms with Gasteiger partial charge in [-0.3, -0.25) is 19.2 Å². The minimum atomic E-state index is -0.831. The van der Waals surface area contributed by atoms with Crippen LogP contribution in [0.2, 0.25) is 0 Å².